The van der Waals surface area contributed by atoms with Crippen molar-refractivity contribution in [3.05, 3.63) is 105 Å². The number of halogens is 2. The van der Waals surface area contributed by atoms with Crippen LogP contribution in [0, 0.1) is 20.8 Å². The lowest BCUT2D eigenvalue weighted by Crippen LogP contribution is -2.29. The molecule has 39 heavy (non-hydrogen) atoms. The van der Waals surface area contributed by atoms with Crippen LogP contribution in [0.4, 0.5) is 5.69 Å². The zero-order valence-electron chi connectivity index (χ0n) is 22.2. The summed E-state index contributed by atoms with van der Waals surface area (Å²) in [5, 5.41) is 5.34. The van der Waals surface area contributed by atoms with Gasteiger partial charge in [-0.2, -0.15) is 0 Å². The number of nitrogens with one attached hydrogen (secondary N) is 1. The van der Waals surface area contributed by atoms with Crippen LogP contribution in [0.2, 0.25) is 10.0 Å². The summed E-state index contributed by atoms with van der Waals surface area (Å²) in [7, 11) is 1.64. The lowest BCUT2D eigenvalue weighted by Gasteiger charge is -2.28. The highest BCUT2D eigenvalue weighted by Gasteiger charge is 2.42. The molecule has 1 N–H and O–H groups in total. The quantitative estimate of drug-likeness (QED) is 0.174. The molecule has 4 aromatic rings. The fourth-order valence-electron chi connectivity index (χ4n) is 5.22. The van der Waals surface area contributed by atoms with Crippen molar-refractivity contribution in [3.63, 3.8) is 0 Å². The molecule has 0 saturated carbocycles. The second-order valence-electron chi connectivity index (χ2n) is 9.55. The van der Waals surface area contributed by atoms with E-state index in [9.17, 15) is 0 Å². The smallest absolute Gasteiger partial charge is 0.174 e. The van der Waals surface area contributed by atoms with Crippen molar-refractivity contribution in [3.8, 4) is 11.4 Å². The fourth-order valence-corrected chi connectivity index (χ4v) is 5.96. The van der Waals surface area contributed by atoms with Gasteiger partial charge in [0.2, 0.25) is 0 Å². The minimum atomic E-state index is -0.178. The number of nitrogens with zero attached hydrogens (tertiary/aromatic N) is 3. The molecule has 6 nitrogen and oxygen atoms in total. The Hall–Kier alpha value is -3.10. The topological polar surface area (TPSA) is 51.6 Å². The number of rotatable bonds is 8. The minimum Gasteiger partial charge on any atom is -0.490 e. The van der Waals surface area contributed by atoms with E-state index in [0.29, 0.717) is 34.1 Å². The van der Waals surface area contributed by atoms with Gasteiger partial charge in [0.1, 0.15) is 12.4 Å². The number of aryl methyl sites for hydroxylation is 2. The van der Waals surface area contributed by atoms with E-state index in [2.05, 4.69) is 46.6 Å². The van der Waals surface area contributed by atoms with Gasteiger partial charge in [-0.25, -0.2) is 0 Å². The summed E-state index contributed by atoms with van der Waals surface area (Å²) in [4.78, 5) is 6.81. The number of hydrogen-bond acceptors (Lipinski definition) is 4. The molecule has 3 heterocycles. The molecule has 0 aliphatic carbocycles. The Balaban J connectivity index is 1.62. The maximum atomic E-state index is 6.67. The van der Waals surface area contributed by atoms with Gasteiger partial charge in [-0.3, -0.25) is 4.98 Å². The van der Waals surface area contributed by atoms with Crippen LogP contribution in [0.15, 0.2) is 66.9 Å². The maximum Gasteiger partial charge on any atom is 0.174 e. The fraction of sp³-hybridized carbons (Fsp3) is 0.267. The molecule has 9 heteroatoms. The molecule has 0 spiro atoms. The van der Waals surface area contributed by atoms with E-state index < -0.39 is 0 Å². The molecule has 2 aromatic heterocycles. The highest BCUT2D eigenvalue weighted by Crippen LogP contribution is 2.45. The summed E-state index contributed by atoms with van der Waals surface area (Å²) in [5.74, 6) is 0.600. The summed E-state index contributed by atoms with van der Waals surface area (Å²) in [6, 6.07) is 19.5. The Kier molecular flexibility index (Phi) is 8.14. The number of aromatic nitrogens is 2. The Labute approximate surface area is 244 Å². The van der Waals surface area contributed by atoms with Crippen LogP contribution in [0.5, 0.6) is 5.75 Å². The average molecular weight is 582 g/mol. The first-order valence-corrected chi connectivity index (χ1v) is 13.8. The zero-order valence-corrected chi connectivity index (χ0v) is 24.6. The van der Waals surface area contributed by atoms with Gasteiger partial charge in [0.05, 0.1) is 29.4 Å². The third kappa shape index (κ3) is 5.37. The Bertz CT molecular complexity index is 1510. The molecule has 0 amide bonds. The van der Waals surface area contributed by atoms with Crippen LogP contribution in [-0.4, -0.2) is 35.0 Å². The first-order valence-electron chi connectivity index (χ1n) is 12.7. The molecule has 1 aliphatic rings. The summed E-state index contributed by atoms with van der Waals surface area (Å²) < 4.78 is 13.1. The van der Waals surface area contributed by atoms with Crippen molar-refractivity contribution >= 4 is 46.2 Å². The van der Waals surface area contributed by atoms with E-state index in [4.69, 9.17) is 44.9 Å². The third-order valence-electron chi connectivity index (χ3n) is 7.04. The van der Waals surface area contributed by atoms with Crippen molar-refractivity contribution in [2.45, 2.75) is 32.9 Å². The van der Waals surface area contributed by atoms with Crippen LogP contribution >= 0.6 is 35.4 Å². The number of pyridine rings is 1. The van der Waals surface area contributed by atoms with Gasteiger partial charge in [0, 0.05) is 41.1 Å². The highest BCUT2D eigenvalue weighted by molar-refractivity contribution is 7.80. The van der Waals surface area contributed by atoms with E-state index in [-0.39, 0.29) is 12.1 Å². The summed E-state index contributed by atoms with van der Waals surface area (Å²) in [6.45, 7) is 7.24. The molecule has 0 unspecified atom stereocenters. The van der Waals surface area contributed by atoms with Crippen LogP contribution < -0.4 is 15.0 Å². The monoisotopic (exact) mass is 580 g/mol. The molecule has 0 bridgehead atoms. The van der Waals surface area contributed by atoms with Gasteiger partial charge in [-0.1, -0.05) is 35.3 Å². The van der Waals surface area contributed by atoms with E-state index >= 15 is 0 Å². The minimum absolute atomic E-state index is 0.176. The third-order valence-corrected chi connectivity index (χ3v) is 7.88. The SMILES string of the molecule is COCCOc1ccc(N2C(=S)N[C@@H](c3ccccn3)[C@H]2c2cc(C)n(-c3cc(Cl)ccc3C)c2C)cc1Cl. The van der Waals surface area contributed by atoms with Crippen molar-refractivity contribution < 1.29 is 9.47 Å². The van der Waals surface area contributed by atoms with Crippen LogP contribution in [0.3, 0.4) is 0 Å². The standard InChI is InChI=1S/C30H30Cl2N4O2S/c1-18-8-9-21(31)16-26(18)35-19(2)15-23(20(35)3)29-28(25-7-5-6-12-33-25)34-30(39)36(29)22-10-11-27(24(32)17-22)38-14-13-37-4/h5-12,15-17,28-29H,13-14H2,1-4H3,(H,34,39)/t28-,29+/m0/s1. The Morgan fingerprint density at radius 2 is 1.82 bits per heavy atom. The van der Waals surface area contributed by atoms with Crippen LogP contribution in [-0.2, 0) is 4.74 Å². The van der Waals surface area contributed by atoms with Crippen molar-refractivity contribution in [2.75, 3.05) is 25.2 Å². The van der Waals surface area contributed by atoms with Gasteiger partial charge >= 0.3 is 0 Å². The second kappa shape index (κ2) is 11.6. The summed E-state index contributed by atoms with van der Waals surface area (Å²) >= 11 is 19.0. The zero-order chi connectivity index (χ0) is 27.7. The number of ether oxygens (including phenoxy) is 2. The molecule has 1 saturated heterocycles. The molecule has 202 valence electrons. The predicted molar refractivity (Wildman–Crippen MR) is 162 cm³/mol. The van der Waals surface area contributed by atoms with Gasteiger partial charge < -0.3 is 24.3 Å². The Morgan fingerprint density at radius 1 is 1.00 bits per heavy atom. The molecule has 2 aromatic carbocycles. The molecule has 2 atom stereocenters. The van der Waals surface area contributed by atoms with Gasteiger partial charge in [0.25, 0.3) is 0 Å². The van der Waals surface area contributed by atoms with Crippen molar-refractivity contribution in [2.24, 2.45) is 0 Å². The molecular formula is C30H30Cl2N4O2S. The largest absolute Gasteiger partial charge is 0.490 e. The predicted octanol–water partition coefficient (Wildman–Crippen LogP) is 7.31. The summed E-state index contributed by atoms with van der Waals surface area (Å²) in [6.07, 6.45) is 1.81. The molecule has 0 radical (unpaired) electrons. The van der Waals surface area contributed by atoms with Crippen molar-refractivity contribution in [1.29, 1.82) is 0 Å². The van der Waals surface area contributed by atoms with Crippen LogP contribution in [0.1, 0.15) is 40.3 Å². The van der Waals surface area contributed by atoms with Crippen molar-refractivity contribution in [1.82, 2.24) is 14.9 Å². The van der Waals surface area contributed by atoms with E-state index in [0.717, 1.165) is 39.6 Å². The molecule has 1 fully saturated rings. The van der Waals surface area contributed by atoms with Gasteiger partial charge in [-0.05, 0) is 92.6 Å². The number of benzene rings is 2. The first-order chi connectivity index (χ1) is 18.8. The number of anilines is 1. The van der Waals surface area contributed by atoms with Crippen LogP contribution in [0.25, 0.3) is 5.69 Å². The number of hydrogen-bond donors (Lipinski definition) is 1. The maximum absolute atomic E-state index is 6.67. The highest BCUT2D eigenvalue weighted by atomic mass is 35.5. The van der Waals surface area contributed by atoms with Gasteiger partial charge in [-0.15, -0.1) is 0 Å². The second-order valence-corrected chi connectivity index (χ2v) is 10.8. The lowest BCUT2D eigenvalue weighted by molar-refractivity contribution is 0.146. The number of thiocarbonyl (C=S) groups is 1. The normalized spacial score (nSPS) is 17.0. The molecule has 1 aliphatic heterocycles. The number of methoxy groups -OCH3 is 1. The Morgan fingerprint density at radius 3 is 2.54 bits per heavy atom. The van der Waals surface area contributed by atoms with E-state index in [1.165, 1.54) is 0 Å². The molecular weight excluding hydrogens is 551 g/mol. The lowest BCUT2D eigenvalue weighted by atomic mass is 9.96. The van der Waals surface area contributed by atoms with E-state index in [1.54, 1.807) is 13.3 Å². The van der Waals surface area contributed by atoms with E-state index in [1.807, 2.05) is 54.6 Å². The molecule has 5 rings (SSSR count). The average Bonchev–Trinajstić information content (AvgIpc) is 3.42. The summed E-state index contributed by atoms with van der Waals surface area (Å²) in [5.41, 5.74) is 7.30. The van der Waals surface area contributed by atoms with Gasteiger partial charge in [0.15, 0.2) is 5.11 Å². The first kappa shape index (κ1) is 27.5.